The van der Waals surface area contributed by atoms with Crippen molar-refractivity contribution in [3.05, 3.63) is 57.8 Å². The summed E-state index contributed by atoms with van der Waals surface area (Å²) in [5, 5.41) is 5.09. The molecule has 0 radical (unpaired) electrons. The molecule has 2 aromatic rings. The molecule has 0 aliphatic rings. The Bertz CT molecular complexity index is 566. The fourth-order valence-electron chi connectivity index (χ4n) is 2.34. The van der Waals surface area contributed by atoms with E-state index in [-0.39, 0.29) is 5.91 Å². The molecule has 0 aliphatic carbocycles. The molecule has 112 valence electrons. The van der Waals surface area contributed by atoms with Crippen molar-refractivity contribution in [2.24, 2.45) is 0 Å². The van der Waals surface area contributed by atoms with Crippen LogP contribution in [0.4, 0.5) is 0 Å². The van der Waals surface area contributed by atoms with E-state index in [1.54, 1.807) is 11.3 Å². The summed E-state index contributed by atoms with van der Waals surface area (Å²) in [5.74, 6) is 0.123. The van der Waals surface area contributed by atoms with E-state index in [1.807, 2.05) is 12.1 Å². The predicted molar refractivity (Wildman–Crippen MR) is 87.7 cm³/mol. The van der Waals surface area contributed by atoms with Crippen molar-refractivity contribution < 1.29 is 9.69 Å². The molecular weight excluding hydrogens is 280 g/mol. The number of carbonyl (C=O) groups excluding carboxylic acids is 1. The summed E-state index contributed by atoms with van der Waals surface area (Å²) in [6.07, 6.45) is 0.891. The van der Waals surface area contributed by atoms with Crippen LogP contribution in [0, 0.1) is 6.92 Å². The van der Waals surface area contributed by atoms with E-state index >= 15 is 0 Å². The Labute approximate surface area is 130 Å². The van der Waals surface area contributed by atoms with E-state index in [0.29, 0.717) is 13.1 Å². The van der Waals surface area contributed by atoms with Gasteiger partial charge in [-0.15, -0.1) is 11.3 Å². The van der Waals surface area contributed by atoms with Gasteiger partial charge >= 0.3 is 0 Å². The van der Waals surface area contributed by atoms with Crippen molar-refractivity contribution in [2.75, 3.05) is 20.1 Å². The minimum atomic E-state index is 0.123. The third-order valence-corrected chi connectivity index (χ3v) is 4.37. The molecule has 0 fully saturated rings. The number of likely N-dealkylation sites (N-methyl/N-ethyl adjacent to an activating group) is 1. The van der Waals surface area contributed by atoms with Crippen molar-refractivity contribution in [3.63, 3.8) is 0 Å². The lowest BCUT2D eigenvalue weighted by molar-refractivity contribution is -0.885. The van der Waals surface area contributed by atoms with E-state index in [2.05, 4.69) is 48.9 Å². The van der Waals surface area contributed by atoms with Crippen molar-refractivity contribution in [3.8, 4) is 0 Å². The summed E-state index contributed by atoms with van der Waals surface area (Å²) in [5.41, 5.74) is 2.59. The van der Waals surface area contributed by atoms with Gasteiger partial charge in [-0.3, -0.25) is 4.79 Å². The molecule has 0 saturated carbocycles. The molecule has 21 heavy (non-hydrogen) atoms. The Balaban J connectivity index is 1.69. The van der Waals surface area contributed by atoms with Gasteiger partial charge in [0.2, 0.25) is 0 Å². The SMILES string of the molecule is Cc1ccccc1CCNC(=O)C[NH+](C)Cc1cccs1. The summed E-state index contributed by atoms with van der Waals surface area (Å²) in [6.45, 7) is 4.24. The average molecular weight is 303 g/mol. The average Bonchev–Trinajstić information content (AvgIpc) is 2.93. The van der Waals surface area contributed by atoms with Gasteiger partial charge in [0.1, 0.15) is 6.54 Å². The van der Waals surface area contributed by atoms with E-state index in [1.165, 1.54) is 20.9 Å². The molecule has 1 aromatic carbocycles. The topological polar surface area (TPSA) is 33.5 Å². The number of rotatable bonds is 7. The molecular formula is C17H23N2OS+. The number of hydrogen-bond donors (Lipinski definition) is 2. The first-order valence-electron chi connectivity index (χ1n) is 7.30. The smallest absolute Gasteiger partial charge is 0.275 e. The molecule has 0 spiro atoms. The summed E-state index contributed by atoms with van der Waals surface area (Å²) in [4.78, 5) is 14.5. The number of aryl methyl sites for hydroxylation is 1. The molecule has 1 amide bonds. The summed E-state index contributed by atoms with van der Waals surface area (Å²) < 4.78 is 0. The summed E-state index contributed by atoms with van der Waals surface area (Å²) in [6, 6.07) is 12.5. The van der Waals surface area contributed by atoms with Gasteiger partial charge in [0, 0.05) is 6.54 Å². The number of nitrogens with one attached hydrogen (secondary N) is 2. The molecule has 3 nitrogen and oxygen atoms in total. The minimum absolute atomic E-state index is 0.123. The van der Waals surface area contributed by atoms with Crippen LogP contribution < -0.4 is 10.2 Å². The van der Waals surface area contributed by atoms with Crippen LogP contribution in [0.2, 0.25) is 0 Å². The zero-order valence-electron chi connectivity index (χ0n) is 12.7. The molecule has 0 aliphatic heterocycles. The first-order valence-corrected chi connectivity index (χ1v) is 8.18. The lowest BCUT2D eigenvalue weighted by Crippen LogP contribution is -3.08. The van der Waals surface area contributed by atoms with E-state index < -0.39 is 0 Å². The monoisotopic (exact) mass is 303 g/mol. The third kappa shape index (κ3) is 5.33. The van der Waals surface area contributed by atoms with Crippen LogP contribution in [0.5, 0.6) is 0 Å². The highest BCUT2D eigenvalue weighted by Gasteiger charge is 2.10. The largest absolute Gasteiger partial charge is 0.351 e. The van der Waals surface area contributed by atoms with Crippen LogP contribution in [0.1, 0.15) is 16.0 Å². The molecule has 2 rings (SSSR count). The Morgan fingerprint density at radius 3 is 2.76 bits per heavy atom. The van der Waals surface area contributed by atoms with Gasteiger partial charge < -0.3 is 10.2 Å². The van der Waals surface area contributed by atoms with Crippen LogP contribution >= 0.6 is 11.3 Å². The zero-order chi connectivity index (χ0) is 15.1. The van der Waals surface area contributed by atoms with E-state index in [0.717, 1.165) is 13.0 Å². The van der Waals surface area contributed by atoms with Crippen molar-refractivity contribution >= 4 is 17.2 Å². The second-order valence-electron chi connectivity index (χ2n) is 5.42. The molecule has 0 bridgehead atoms. The van der Waals surface area contributed by atoms with Crippen molar-refractivity contribution in [1.82, 2.24) is 5.32 Å². The van der Waals surface area contributed by atoms with Crippen LogP contribution in [0.25, 0.3) is 0 Å². The van der Waals surface area contributed by atoms with E-state index in [4.69, 9.17) is 0 Å². The van der Waals surface area contributed by atoms with Crippen molar-refractivity contribution in [2.45, 2.75) is 19.9 Å². The zero-order valence-corrected chi connectivity index (χ0v) is 13.5. The third-order valence-electron chi connectivity index (χ3n) is 3.50. The predicted octanol–water partition coefficient (Wildman–Crippen LogP) is 1.43. The number of hydrogen-bond acceptors (Lipinski definition) is 2. The lowest BCUT2D eigenvalue weighted by atomic mass is 10.1. The first-order chi connectivity index (χ1) is 10.1. The molecule has 0 saturated heterocycles. The maximum atomic E-state index is 11.9. The van der Waals surface area contributed by atoms with Gasteiger partial charge in [0.05, 0.1) is 11.9 Å². The number of thiophene rings is 1. The number of carbonyl (C=O) groups is 1. The fourth-order valence-corrected chi connectivity index (χ4v) is 3.16. The molecule has 2 N–H and O–H groups in total. The Morgan fingerprint density at radius 2 is 2.05 bits per heavy atom. The van der Waals surface area contributed by atoms with Crippen LogP contribution in [-0.2, 0) is 17.8 Å². The van der Waals surface area contributed by atoms with Gasteiger partial charge in [-0.1, -0.05) is 30.3 Å². The molecule has 4 heteroatoms. The molecule has 1 heterocycles. The summed E-state index contributed by atoms with van der Waals surface area (Å²) >= 11 is 1.74. The number of quaternary nitrogens is 1. The number of benzene rings is 1. The van der Waals surface area contributed by atoms with Gasteiger partial charge in [0.15, 0.2) is 6.54 Å². The Hall–Kier alpha value is -1.65. The Kier molecular flexibility index (Phi) is 5.96. The molecule has 1 unspecified atom stereocenters. The molecule has 1 aromatic heterocycles. The highest BCUT2D eigenvalue weighted by Crippen LogP contribution is 2.07. The van der Waals surface area contributed by atoms with Crippen molar-refractivity contribution in [1.29, 1.82) is 0 Å². The normalized spacial score (nSPS) is 12.1. The maximum Gasteiger partial charge on any atom is 0.275 e. The lowest BCUT2D eigenvalue weighted by Gasteiger charge is -2.13. The summed E-state index contributed by atoms with van der Waals surface area (Å²) in [7, 11) is 2.06. The quantitative estimate of drug-likeness (QED) is 0.797. The maximum absolute atomic E-state index is 11.9. The fraction of sp³-hybridized carbons (Fsp3) is 0.353. The van der Waals surface area contributed by atoms with Gasteiger partial charge in [0.25, 0.3) is 5.91 Å². The van der Waals surface area contributed by atoms with Gasteiger partial charge in [-0.25, -0.2) is 0 Å². The van der Waals surface area contributed by atoms with Crippen LogP contribution in [0.15, 0.2) is 41.8 Å². The Morgan fingerprint density at radius 1 is 1.24 bits per heavy atom. The second kappa shape index (κ2) is 7.96. The van der Waals surface area contributed by atoms with Crippen LogP contribution in [0.3, 0.4) is 0 Å². The van der Waals surface area contributed by atoms with Gasteiger partial charge in [-0.05, 0) is 35.9 Å². The highest BCUT2D eigenvalue weighted by atomic mass is 32.1. The first kappa shape index (κ1) is 15.7. The minimum Gasteiger partial charge on any atom is -0.351 e. The van der Waals surface area contributed by atoms with Gasteiger partial charge in [-0.2, -0.15) is 0 Å². The van der Waals surface area contributed by atoms with E-state index in [9.17, 15) is 4.79 Å². The standard InChI is InChI=1S/C17H22N2OS/c1-14-6-3-4-7-15(14)9-10-18-17(20)13-19(2)12-16-8-5-11-21-16/h3-8,11H,9-10,12-13H2,1-2H3,(H,18,20)/p+1. The van der Waals surface area contributed by atoms with Crippen LogP contribution in [-0.4, -0.2) is 26.0 Å². The second-order valence-corrected chi connectivity index (χ2v) is 6.45. The highest BCUT2D eigenvalue weighted by molar-refractivity contribution is 7.09. The number of amides is 1. The molecule has 1 atom stereocenters.